The van der Waals surface area contributed by atoms with Gasteiger partial charge in [0, 0.05) is 43.4 Å². The first kappa shape index (κ1) is 17.8. The summed E-state index contributed by atoms with van der Waals surface area (Å²) < 4.78 is 10.6. The lowest BCUT2D eigenvalue weighted by Gasteiger charge is -2.41. The molecule has 148 valence electrons. The molecule has 1 saturated carbocycles. The Labute approximate surface area is 168 Å². The minimum absolute atomic E-state index is 0.237. The van der Waals surface area contributed by atoms with Crippen LogP contribution in [-0.2, 0) is 16.6 Å². The van der Waals surface area contributed by atoms with Crippen molar-refractivity contribution in [3.8, 4) is 17.1 Å². The molecule has 1 aromatic carbocycles. The number of methoxy groups -OCH3 is 1. The van der Waals surface area contributed by atoms with Crippen molar-refractivity contribution < 1.29 is 14.1 Å². The lowest BCUT2D eigenvalue weighted by molar-refractivity contribution is -0.140. The lowest BCUT2D eigenvalue weighted by atomic mass is 9.89. The molecule has 0 spiro atoms. The van der Waals surface area contributed by atoms with E-state index in [0.717, 1.165) is 42.8 Å². The Bertz CT molecular complexity index is 1010. The average molecular weight is 390 g/mol. The Hall–Kier alpha value is -3.22. The van der Waals surface area contributed by atoms with Crippen LogP contribution in [-0.4, -0.2) is 46.1 Å². The van der Waals surface area contributed by atoms with Gasteiger partial charge in [0.25, 0.3) is 0 Å². The van der Waals surface area contributed by atoms with Crippen LogP contribution in [0.4, 0.5) is 0 Å². The van der Waals surface area contributed by atoms with Crippen molar-refractivity contribution in [2.24, 2.45) is 5.92 Å². The van der Waals surface area contributed by atoms with E-state index in [1.807, 2.05) is 41.3 Å². The fraction of sp³-hybridized carbons (Fsp3) is 0.364. The SMILES string of the molecule is COc1ccc(C2(C(=O)N3CC(Cc4nc(-c5cccnc5)no4)C3)CC2)cc1. The van der Waals surface area contributed by atoms with E-state index >= 15 is 0 Å². The van der Waals surface area contributed by atoms with Gasteiger partial charge in [-0.15, -0.1) is 0 Å². The number of hydrogen-bond donors (Lipinski definition) is 0. The van der Waals surface area contributed by atoms with Crippen LogP contribution in [0, 0.1) is 5.92 Å². The first-order valence-electron chi connectivity index (χ1n) is 9.85. The van der Waals surface area contributed by atoms with Crippen LogP contribution in [0.1, 0.15) is 24.3 Å². The molecule has 2 aliphatic rings. The number of carbonyl (C=O) groups is 1. The molecule has 2 aromatic heterocycles. The smallest absolute Gasteiger partial charge is 0.233 e. The molecule has 5 rings (SSSR count). The molecule has 3 aromatic rings. The number of likely N-dealkylation sites (tertiary alicyclic amines) is 1. The van der Waals surface area contributed by atoms with Gasteiger partial charge in [0.15, 0.2) is 0 Å². The molecule has 1 saturated heterocycles. The van der Waals surface area contributed by atoms with Crippen molar-refractivity contribution in [2.75, 3.05) is 20.2 Å². The molecule has 0 unspecified atom stereocenters. The summed E-state index contributed by atoms with van der Waals surface area (Å²) in [6.07, 6.45) is 5.94. The summed E-state index contributed by atoms with van der Waals surface area (Å²) in [4.78, 5) is 23.6. The highest BCUT2D eigenvalue weighted by atomic mass is 16.5. The Morgan fingerprint density at radius 2 is 2.03 bits per heavy atom. The molecule has 0 atom stereocenters. The van der Waals surface area contributed by atoms with Crippen LogP contribution in [0.25, 0.3) is 11.4 Å². The molecule has 3 heterocycles. The fourth-order valence-electron chi connectivity index (χ4n) is 4.03. The first-order chi connectivity index (χ1) is 14.2. The zero-order valence-electron chi connectivity index (χ0n) is 16.2. The number of rotatable bonds is 6. The maximum atomic E-state index is 13.1. The van der Waals surface area contributed by atoms with Crippen LogP contribution in [0.3, 0.4) is 0 Å². The van der Waals surface area contributed by atoms with Crippen molar-refractivity contribution in [3.05, 3.63) is 60.2 Å². The number of aromatic nitrogens is 3. The van der Waals surface area contributed by atoms with E-state index in [0.29, 0.717) is 24.1 Å². The number of pyridine rings is 1. The minimum Gasteiger partial charge on any atom is -0.497 e. The highest BCUT2D eigenvalue weighted by Gasteiger charge is 2.54. The topological polar surface area (TPSA) is 81.4 Å². The molecule has 1 aliphatic carbocycles. The number of benzene rings is 1. The number of carbonyl (C=O) groups excluding carboxylic acids is 1. The zero-order chi connectivity index (χ0) is 19.8. The second-order valence-corrected chi connectivity index (χ2v) is 7.84. The molecule has 0 bridgehead atoms. The Balaban J connectivity index is 1.19. The summed E-state index contributed by atoms with van der Waals surface area (Å²) >= 11 is 0. The lowest BCUT2D eigenvalue weighted by Crippen LogP contribution is -2.54. The van der Waals surface area contributed by atoms with Gasteiger partial charge in [-0.2, -0.15) is 4.98 Å². The number of hydrogen-bond acceptors (Lipinski definition) is 6. The summed E-state index contributed by atoms with van der Waals surface area (Å²) in [6.45, 7) is 1.47. The Morgan fingerprint density at radius 1 is 1.24 bits per heavy atom. The largest absolute Gasteiger partial charge is 0.497 e. The van der Waals surface area contributed by atoms with E-state index in [1.54, 1.807) is 19.5 Å². The number of amides is 1. The Morgan fingerprint density at radius 3 is 2.69 bits per heavy atom. The number of nitrogens with zero attached hydrogens (tertiary/aromatic N) is 4. The van der Waals surface area contributed by atoms with Crippen LogP contribution in [0.15, 0.2) is 53.3 Å². The molecule has 7 heteroatoms. The van der Waals surface area contributed by atoms with Gasteiger partial charge in [0.05, 0.1) is 12.5 Å². The highest BCUT2D eigenvalue weighted by molar-refractivity contribution is 5.91. The van der Waals surface area contributed by atoms with Crippen LogP contribution in [0.5, 0.6) is 5.75 Å². The van der Waals surface area contributed by atoms with Gasteiger partial charge in [0.2, 0.25) is 17.6 Å². The summed E-state index contributed by atoms with van der Waals surface area (Å²) in [7, 11) is 1.65. The van der Waals surface area contributed by atoms with Gasteiger partial charge in [0.1, 0.15) is 5.75 Å². The number of ether oxygens (including phenoxy) is 1. The van der Waals surface area contributed by atoms with Crippen LogP contribution < -0.4 is 4.74 Å². The molecule has 0 radical (unpaired) electrons. The third-order valence-corrected chi connectivity index (χ3v) is 5.90. The summed E-state index contributed by atoms with van der Waals surface area (Å²) in [6, 6.07) is 11.6. The monoisotopic (exact) mass is 390 g/mol. The molecular formula is C22H22N4O3. The summed E-state index contributed by atoms with van der Waals surface area (Å²) in [5, 5.41) is 4.04. The molecule has 7 nitrogen and oxygen atoms in total. The van der Waals surface area contributed by atoms with Crippen molar-refractivity contribution in [1.82, 2.24) is 20.0 Å². The predicted molar refractivity (Wildman–Crippen MR) is 105 cm³/mol. The van der Waals surface area contributed by atoms with Gasteiger partial charge >= 0.3 is 0 Å². The average Bonchev–Trinajstić information content (AvgIpc) is 3.42. The molecular weight excluding hydrogens is 368 g/mol. The minimum atomic E-state index is -0.338. The van der Waals surface area contributed by atoms with Crippen molar-refractivity contribution in [3.63, 3.8) is 0 Å². The fourth-order valence-corrected chi connectivity index (χ4v) is 4.03. The van der Waals surface area contributed by atoms with Gasteiger partial charge in [-0.05, 0) is 42.7 Å². The van der Waals surface area contributed by atoms with Crippen molar-refractivity contribution in [2.45, 2.75) is 24.7 Å². The third kappa shape index (κ3) is 3.26. The van der Waals surface area contributed by atoms with Crippen LogP contribution in [0.2, 0.25) is 0 Å². The Kier molecular flexibility index (Phi) is 4.30. The maximum Gasteiger partial charge on any atom is 0.233 e. The quantitative estimate of drug-likeness (QED) is 0.644. The molecule has 29 heavy (non-hydrogen) atoms. The summed E-state index contributed by atoms with van der Waals surface area (Å²) in [5.41, 5.74) is 1.59. The highest BCUT2D eigenvalue weighted by Crippen LogP contribution is 2.50. The second-order valence-electron chi connectivity index (χ2n) is 7.84. The standard InChI is InChI=1S/C22H22N4O3/c1-28-18-6-4-17(5-7-18)22(8-9-22)21(27)26-13-15(14-26)11-19-24-20(25-29-19)16-3-2-10-23-12-16/h2-7,10,12,15H,8-9,11,13-14H2,1H3. The predicted octanol–water partition coefficient (Wildman–Crippen LogP) is 2.87. The van der Waals surface area contributed by atoms with Crippen molar-refractivity contribution in [1.29, 1.82) is 0 Å². The molecule has 1 amide bonds. The molecule has 1 aliphatic heterocycles. The zero-order valence-corrected chi connectivity index (χ0v) is 16.2. The van der Waals surface area contributed by atoms with Gasteiger partial charge in [-0.3, -0.25) is 9.78 Å². The van der Waals surface area contributed by atoms with E-state index in [9.17, 15) is 4.79 Å². The third-order valence-electron chi connectivity index (χ3n) is 5.90. The van der Waals surface area contributed by atoms with E-state index in [2.05, 4.69) is 15.1 Å². The van der Waals surface area contributed by atoms with Gasteiger partial charge in [-0.25, -0.2) is 0 Å². The van der Waals surface area contributed by atoms with E-state index < -0.39 is 0 Å². The maximum absolute atomic E-state index is 13.1. The van der Waals surface area contributed by atoms with E-state index in [1.165, 1.54) is 0 Å². The first-order valence-corrected chi connectivity index (χ1v) is 9.85. The van der Waals surface area contributed by atoms with E-state index in [4.69, 9.17) is 9.26 Å². The molecule has 0 N–H and O–H groups in total. The van der Waals surface area contributed by atoms with Gasteiger partial charge in [-0.1, -0.05) is 17.3 Å². The van der Waals surface area contributed by atoms with E-state index in [-0.39, 0.29) is 11.3 Å². The summed E-state index contributed by atoms with van der Waals surface area (Å²) in [5.74, 6) is 2.56. The second kappa shape index (κ2) is 6.99. The van der Waals surface area contributed by atoms with Crippen LogP contribution >= 0.6 is 0 Å². The normalized spacial score (nSPS) is 17.6. The van der Waals surface area contributed by atoms with Gasteiger partial charge < -0.3 is 14.2 Å². The van der Waals surface area contributed by atoms with Crippen molar-refractivity contribution >= 4 is 5.91 Å². The molecule has 2 fully saturated rings.